The molecule has 0 saturated carbocycles. The molecule has 220 valence electrons. The highest BCUT2D eigenvalue weighted by Gasteiger charge is 2.49. The number of ether oxygens (including phenoxy) is 4. The molecule has 1 fully saturated rings. The zero-order valence-corrected chi connectivity index (χ0v) is 22.4. The van der Waals surface area contributed by atoms with Crippen LogP contribution in [0.3, 0.4) is 0 Å². The quantitative estimate of drug-likeness (QED) is 0.209. The first kappa shape index (κ1) is 28.8. The molecule has 4 heterocycles. The number of fused-ring (bicyclic) bond motifs is 2. The molecule has 4 aromatic rings. The molecule has 0 spiro atoms. The van der Waals surface area contributed by atoms with Crippen molar-refractivity contribution in [1.29, 1.82) is 0 Å². The number of furan rings is 1. The minimum Gasteiger partial charge on any atom is -0.486 e. The number of rotatable bonds is 9. The largest absolute Gasteiger partial charge is 0.486 e. The molecule has 6 unspecified atom stereocenters. The first-order valence-electron chi connectivity index (χ1n) is 12.8. The van der Waals surface area contributed by atoms with Crippen LogP contribution in [0.1, 0.15) is 19.6 Å². The minimum absolute atomic E-state index is 0.126. The smallest absolute Gasteiger partial charge is 0.336 e. The molecule has 4 N–H and O–H groups in total. The molecule has 1 aromatic carbocycles. The van der Waals surface area contributed by atoms with Gasteiger partial charge in [-0.15, -0.1) is 0 Å². The van der Waals surface area contributed by atoms with E-state index in [1.807, 2.05) is 0 Å². The van der Waals surface area contributed by atoms with E-state index in [0.29, 0.717) is 16.4 Å². The normalized spacial score (nSPS) is 24.0. The van der Waals surface area contributed by atoms with Crippen molar-refractivity contribution in [2.45, 2.75) is 63.2 Å². The van der Waals surface area contributed by atoms with E-state index < -0.39 is 60.1 Å². The Bertz CT molecular complexity index is 1630. The average molecular weight is 575 g/mol. The summed E-state index contributed by atoms with van der Waals surface area (Å²) in [6.07, 6.45) is -6.12. The number of aryl methyl sites for hydroxylation is 1. The van der Waals surface area contributed by atoms with Gasteiger partial charge in [-0.3, -0.25) is 4.79 Å². The third kappa shape index (κ3) is 5.60. The second-order valence-corrected chi connectivity index (χ2v) is 10.2. The molecular weight excluding hydrogens is 544 g/mol. The highest BCUT2D eigenvalue weighted by molar-refractivity contribution is 6.00. The molecule has 6 atom stereocenters. The summed E-state index contributed by atoms with van der Waals surface area (Å²) in [5.41, 5.74) is -1.95. The lowest BCUT2D eigenvalue weighted by Crippen LogP contribution is -2.63. The summed E-state index contributed by atoms with van der Waals surface area (Å²) in [7, 11) is 0. The molecule has 3 aromatic heterocycles. The maximum atomic E-state index is 12.4. The fourth-order valence-corrected chi connectivity index (χ4v) is 4.57. The van der Waals surface area contributed by atoms with Crippen LogP contribution >= 0.6 is 0 Å². The Balaban J connectivity index is 1.39. The lowest BCUT2D eigenvalue weighted by molar-refractivity contribution is -0.312. The van der Waals surface area contributed by atoms with Gasteiger partial charge < -0.3 is 52.6 Å². The maximum Gasteiger partial charge on any atom is 0.336 e. The van der Waals surface area contributed by atoms with Gasteiger partial charge in [-0.25, -0.2) is 4.79 Å². The second-order valence-electron chi connectivity index (χ2n) is 10.2. The van der Waals surface area contributed by atoms with Crippen molar-refractivity contribution in [3.63, 3.8) is 0 Å². The number of benzene rings is 1. The van der Waals surface area contributed by atoms with Gasteiger partial charge in [0.25, 0.3) is 0 Å². The van der Waals surface area contributed by atoms with E-state index in [9.17, 15) is 30.0 Å². The van der Waals surface area contributed by atoms with Crippen molar-refractivity contribution < 1.29 is 52.6 Å². The van der Waals surface area contributed by atoms with Crippen LogP contribution in [-0.2, 0) is 9.47 Å². The van der Waals surface area contributed by atoms with Crippen LogP contribution in [0.25, 0.3) is 21.9 Å². The Hall–Kier alpha value is -3.72. The predicted molar refractivity (Wildman–Crippen MR) is 141 cm³/mol. The van der Waals surface area contributed by atoms with Crippen LogP contribution in [0.15, 0.2) is 65.7 Å². The Labute approximate surface area is 232 Å². The van der Waals surface area contributed by atoms with Crippen LogP contribution in [0.5, 0.6) is 11.5 Å². The summed E-state index contributed by atoms with van der Waals surface area (Å²) in [5, 5.41) is 43.3. The zero-order chi connectivity index (χ0) is 29.5. The van der Waals surface area contributed by atoms with Crippen LogP contribution in [0.4, 0.5) is 0 Å². The number of aliphatic hydroxyl groups is 4. The van der Waals surface area contributed by atoms with Crippen molar-refractivity contribution in [1.82, 2.24) is 0 Å². The summed E-state index contributed by atoms with van der Waals surface area (Å²) in [5.74, 6) is 0.0872. The van der Waals surface area contributed by atoms with Gasteiger partial charge in [-0.05, 0) is 39.0 Å². The van der Waals surface area contributed by atoms with Gasteiger partial charge in [0.05, 0.1) is 30.1 Å². The summed E-state index contributed by atoms with van der Waals surface area (Å²) < 4.78 is 39.4. The van der Waals surface area contributed by atoms with Gasteiger partial charge in [-0.2, -0.15) is 0 Å². The molecule has 0 radical (unpaired) electrons. The first-order valence-corrected chi connectivity index (χ1v) is 12.8. The van der Waals surface area contributed by atoms with E-state index in [2.05, 4.69) is 0 Å². The van der Waals surface area contributed by atoms with E-state index in [0.717, 1.165) is 6.07 Å². The molecule has 5 rings (SSSR count). The van der Waals surface area contributed by atoms with Gasteiger partial charge in [-0.1, -0.05) is 0 Å². The highest BCUT2D eigenvalue weighted by Crippen LogP contribution is 2.36. The predicted octanol–water partition coefficient (Wildman–Crippen LogP) is 1.22. The summed E-state index contributed by atoms with van der Waals surface area (Å²) >= 11 is 0. The standard InChI is InChI=1S/C28H30O13/c1-13-23(16(30)7-9-35-13)40-27-26(22(34)21(33)18(11-29)38-27)41-28(2,3)19(31)12-37-25-15-6-8-36-17(15)10-14-4-5-20(32)39-24(14)25/h4-10,18-19,21-22,26-27,29,31,33-34H,11-12H2,1-3H3. The molecule has 41 heavy (non-hydrogen) atoms. The van der Waals surface area contributed by atoms with Gasteiger partial charge in [0.15, 0.2) is 11.3 Å². The lowest BCUT2D eigenvalue weighted by Gasteiger charge is -2.45. The summed E-state index contributed by atoms with van der Waals surface area (Å²) in [4.78, 5) is 24.3. The maximum absolute atomic E-state index is 12.4. The molecule has 13 heteroatoms. The molecule has 13 nitrogen and oxygen atoms in total. The molecule has 1 aliphatic rings. The first-order chi connectivity index (χ1) is 19.5. The van der Waals surface area contributed by atoms with Crippen LogP contribution in [0.2, 0.25) is 0 Å². The molecule has 0 aliphatic carbocycles. The SMILES string of the molecule is Cc1occc(=O)c1OC1OC(CO)C(O)C(O)C1OC(C)(C)C(O)COc1c2ccoc2cc2ccc(=O)oc12. The fourth-order valence-electron chi connectivity index (χ4n) is 4.57. The number of aliphatic hydroxyl groups excluding tert-OH is 4. The van der Waals surface area contributed by atoms with Gasteiger partial charge in [0.2, 0.25) is 17.5 Å². The van der Waals surface area contributed by atoms with E-state index in [1.165, 1.54) is 39.4 Å². The lowest BCUT2D eigenvalue weighted by atomic mass is 9.96. The fraction of sp³-hybridized carbons (Fsp3) is 0.429. The Kier molecular flexibility index (Phi) is 7.92. The monoisotopic (exact) mass is 574 g/mol. The van der Waals surface area contributed by atoms with E-state index in [-0.39, 0.29) is 29.4 Å². The Morgan fingerprint density at radius 1 is 1.02 bits per heavy atom. The van der Waals surface area contributed by atoms with Crippen molar-refractivity contribution in [3.8, 4) is 11.5 Å². The topological polar surface area (TPSA) is 191 Å². The van der Waals surface area contributed by atoms with Crippen molar-refractivity contribution in [2.75, 3.05) is 13.2 Å². The van der Waals surface area contributed by atoms with Crippen molar-refractivity contribution in [3.05, 3.63) is 69.3 Å². The second kappa shape index (κ2) is 11.3. The number of hydrogen-bond acceptors (Lipinski definition) is 13. The molecule has 1 aliphatic heterocycles. The van der Waals surface area contributed by atoms with Crippen LogP contribution in [0, 0.1) is 6.92 Å². The third-order valence-corrected chi connectivity index (χ3v) is 6.99. The van der Waals surface area contributed by atoms with Gasteiger partial charge >= 0.3 is 5.63 Å². The van der Waals surface area contributed by atoms with E-state index >= 15 is 0 Å². The summed E-state index contributed by atoms with van der Waals surface area (Å²) in [6, 6.07) is 7.27. The van der Waals surface area contributed by atoms with Crippen molar-refractivity contribution in [2.24, 2.45) is 0 Å². The third-order valence-electron chi connectivity index (χ3n) is 6.99. The van der Waals surface area contributed by atoms with Gasteiger partial charge in [0.1, 0.15) is 48.5 Å². The summed E-state index contributed by atoms with van der Waals surface area (Å²) in [6.45, 7) is 3.49. The van der Waals surface area contributed by atoms with Crippen LogP contribution < -0.4 is 20.5 Å². The van der Waals surface area contributed by atoms with E-state index in [1.54, 1.807) is 18.2 Å². The Morgan fingerprint density at radius 3 is 2.51 bits per heavy atom. The van der Waals surface area contributed by atoms with Crippen molar-refractivity contribution >= 4 is 21.9 Å². The van der Waals surface area contributed by atoms with Gasteiger partial charge in [0, 0.05) is 17.5 Å². The van der Waals surface area contributed by atoms with E-state index in [4.69, 9.17) is 32.2 Å². The molecule has 0 bridgehead atoms. The minimum atomic E-state index is -1.65. The van der Waals surface area contributed by atoms with Crippen LogP contribution in [-0.4, -0.2) is 76.1 Å². The molecule has 0 amide bonds. The highest BCUT2D eigenvalue weighted by atomic mass is 16.7. The molecule has 1 saturated heterocycles. The zero-order valence-electron chi connectivity index (χ0n) is 22.4. The average Bonchev–Trinajstić information content (AvgIpc) is 3.40. The number of hydrogen-bond donors (Lipinski definition) is 4. The Morgan fingerprint density at radius 2 is 1.78 bits per heavy atom. The molecular formula is C28H30O13.